The zero-order chi connectivity index (χ0) is 14.0. The van der Waals surface area contributed by atoms with Crippen LogP contribution in [-0.2, 0) is 16.8 Å². The quantitative estimate of drug-likeness (QED) is 0.836. The van der Waals surface area contributed by atoms with Crippen LogP contribution in [0.2, 0.25) is 0 Å². The van der Waals surface area contributed by atoms with Crippen molar-refractivity contribution in [1.29, 1.82) is 0 Å². The van der Waals surface area contributed by atoms with Gasteiger partial charge in [0.2, 0.25) is 0 Å². The molecule has 2 aliphatic heterocycles. The van der Waals surface area contributed by atoms with Crippen LogP contribution in [0.3, 0.4) is 0 Å². The van der Waals surface area contributed by atoms with E-state index in [1.807, 2.05) is 11.3 Å². The minimum Gasteiger partial charge on any atom is -0.369 e. The highest BCUT2D eigenvalue weighted by Gasteiger charge is 2.41. The molecular formula is C17H23NOS. The fraction of sp³-hybridized carbons (Fsp3) is 0.529. The third-order valence-electron chi connectivity index (χ3n) is 4.28. The zero-order valence-corrected chi connectivity index (χ0v) is 13.2. The molecule has 1 spiro atoms. The summed E-state index contributed by atoms with van der Waals surface area (Å²) in [5, 5.41) is 3.53. The topological polar surface area (TPSA) is 21.3 Å². The van der Waals surface area contributed by atoms with E-state index in [1.54, 1.807) is 0 Å². The zero-order valence-electron chi connectivity index (χ0n) is 12.4. The van der Waals surface area contributed by atoms with Gasteiger partial charge in [0, 0.05) is 28.3 Å². The highest BCUT2D eigenvalue weighted by molar-refractivity contribution is 7.12. The van der Waals surface area contributed by atoms with Crippen molar-refractivity contribution in [2.45, 2.75) is 38.7 Å². The fourth-order valence-corrected chi connectivity index (χ4v) is 4.61. The van der Waals surface area contributed by atoms with E-state index in [0.29, 0.717) is 0 Å². The van der Waals surface area contributed by atoms with Crippen molar-refractivity contribution in [3.63, 3.8) is 0 Å². The third kappa shape index (κ3) is 2.39. The Morgan fingerprint density at radius 1 is 1.35 bits per heavy atom. The monoisotopic (exact) mass is 289 g/mol. The number of hydrogen-bond donors (Lipinski definition) is 1. The number of rotatable bonds is 2. The molecule has 20 heavy (non-hydrogen) atoms. The second-order valence-corrected chi connectivity index (χ2v) is 6.94. The Kier molecular flexibility index (Phi) is 4.11. The molecule has 1 atom stereocenters. The Bertz CT molecular complexity index is 535. The summed E-state index contributed by atoms with van der Waals surface area (Å²) in [6.45, 7) is 7.23. The molecule has 2 aliphatic rings. The van der Waals surface area contributed by atoms with E-state index in [4.69, 9.17) is 4.74 Å². The number of allylic oxidation sites excluding steroid dienone is 3. The van der Waals surface area contributed by atoms with Gasteiger partial charge in [-0.25, -0.2) is 0 Å². The Balaban J connectivity index is 2.06. The van der Waals surface area contributed by atoms with Gasteiger partial charge in [-0.2, -0.15) is 0 Å². The molecule has 1 fully saturated rings. The predicted molar refractivity (Wildman–Crippen MR) is 86.3 cm³/mol. The summed E-state index contributed by atoms with van der Waals surface area (Å²) in [6, 6.07) is 0. The van der Waals surface area contributed by atoms with Gasteiger partial charge < -0.3 is 10.1 Å². The van der Waals surface area contributed by atoms with Gasteiger partial charge >= 0.3 is 0 Å². The van der Waals surface area contributed by atoms with E-state index in [0.717, 1.165) is 32.5 Å². The molecule has 2 nitrogen and oxygen atoms in total. The maximum absolute atomic E-state index is 6.29. The van der Waals surface area contributed by atoms with Gasteiger partial charge in [-0.3, -0.25) is 0 Å². The largest absolute Gasteiger partial charge is 0.369 e. The highest BCUT2D eigenvalue weighted by Crippen LogP contribution is 2.45. The summed E-state index contributed by atoms with van der Waals surface area (Å²) < 4.78 is 6.29. The number of hydrogen-bond acceptors (Lipinski definition) is 3. The van der Waals surface area contributed by atoms with Crippen LogP contribution in [-0.4, -0.2) is 19.7 Å². The number of thiophene rings is 1. The first-order valence-electron chi connectivity index (χ1n) is 7.53. The lowest BCUT2D eigenvalue weighted by Crippen LogP contribution is -2.48. The first-order valence-corrected chi connectivity index (χ1v) is 8.35. The normalized spacial score (nSPS) is 26.7. The second-order valence-electron chi connectivity index (χ2n) is 5.63. The lowest BCUT2D eigenvalue weighted by Gasteiger charge is -2.41. The molecule has 3 heterocycles. The molecule has 3 rings (SSSR count). The fourth-order valence-electron chi connectivity index (χ4n) is 3.38. The Morgan fingerprint density at radius 3 is 3.00 bits per heavy atom. The van der Waals surface area contributed by atoms with E-state index < -0.39 is 0 Å². The van der Waals surface area contributed by atoms with Gasteiger partial charge in [-0.1, -0.05) is 24.3 Å². The number of piperidine rings is 1. The molecule has 0 radical (unpaired) electrons. The van der Waals surface area contributed by atoms with Crippen LogP contribution in [0.4, 0.5) is 0 Å². The molecule has 1 aromatic rings. The van der Waals surface area contributed by atoms with Gasteiger partial charge in [0.1, 0.15) is 5.60 Å². The molecule has 1 saturated heterocycles. The molecule has 1 unspecified atom stereocenters. The Labute approximate surface area is 125 Å². The van der Waals surface area contributed by atoms with Gasteiger partial charge in [0.15, 0.2) is 0 Å². The minimum atomic E-state index is -0.0772. The molecule has 108 valence electrons. The van der Waals surface area contributed by atoms with E-state index in [-0.39, 0.29) is 5.60 Å². The van der Waals surface area contributed by atoms with Gasteiger partial charge in [-0.15, -0.1) is 11.3 Å². The number of aryl methyl sites for hydroxylation is 1. The molecule has 0 bridgehead atoms. The summed E-state index contributed by atoms with van der Waals surface area (Å²) in [4.78, 5) is 2.96. The molecular weight excluding hydrogens is 266 g/mol. The Hall–Kier alpha value is -0.900. The van der Waals surface area contributed by atoms with Crippen molar-refractivity contribution >= 4 is 17.4 Å². The van der Waals surface area contributed by atoms with Crippen molar-refractivity contribution in [1.82, 2.24) is 5.32 Å². The summed E-state index contributed by atoms with van der Waals surface area (Å²) in [6.07, 6.45) is 12.0. The van der Waals surface area contributed by atoms with E-state index in [2.05, 4.69) is 43.5 Å². The van der Waals surface area contributed by atoms with Crippen LogP contribution < -0.4 is 5.32 Å². The lowest BCUT2D eigenvalue weighted by molar-refractivity contribution is -0.0740. The Morgan fingerprint density at radius 2 is 2.25 bits per heavy atom. The van der Waals surface area contributed by atoms with E-state index >= 15 is 0 Å². The first kappa shape index (κ1) is 14.1. The van der Waals surface area contributed by atoms with Crippen LogP contribution in [0.25, 0.3) is 6.08 Å². The van der Waals surface area contributed by atoms with Gasteiger partial charge in [0.05, 0.1) is 6.61 Å². The summed E-state index contributed by atoms with van der Waals surface area (Å²) in [7, 11) is 0. The number of nitrogens with one attached hydrogen (secondary N) is 1. The maximum Gasteiger partial charge on any atom is 0.107 e. The summed E-state index contributed by atoms with van der Waals surface area (Å²) in [5.74, 6) is 0. The van der Waals surface area contributed by atoms with Crippen molar-refractivity contribution in [2.24, 2.45) is 0 Å². The SMILES string of the molecule is C/C=C\C=C/c1c(C)sc2c1C1(CCCNC1)OCC2. The van der Waals surface area contributed by atoms with Crippen LogP contribution in [0.5, 0.6) is 0 Å². The molecule has 1 N–H and O–H groups in total. The van der Waals surface area contributed by atoms with Crippen molar-refractivity contribution in [3.05, 3.63) is 39.1 Å². The molecule has 0 aromatic carbocycles. The average Bonchev–Trinajstić information content (AvgIpc) is 2.78. The molecule has 1 aromatic heterocycles. The van der Waals surface area contributed by atoms with Crippen LogP contribution in [0, 0.1) is 6.92 Å². The highest BCUT2D eigenvalue weighted by atomic mass is 32.1. The smallest absolute Gasteiger partial charge is 0.107 e. The van der Waals surface area contributed by atoms with Gasteiger partial charge in [0.25, 0.3) is 0 Å². The average molecular weight is 289 g/mol. The summed E-state index contributed by atoms with van der Waals surface area (Å²) >= 11 is 1.96. The van der Waals surface area contributed by atoms with Crippen LogP contribution in [0.15, 0.2) is 18.2 Å². The molecule has 3 heteroatoms. The van der Waals surface area contributed by atoms with Crippen LogP contribution >= 0.6 is 11.3 Å². The van der Waals surface area contributed by atoms with Crippen LogP contribution in [0.1, 0.15) is 40.6 Å². The molecule has 0 amide bonds. The predicted octanol–water partition coefficient (Wildman–Crippen LogP) is 3.80. The van der Waals surface area contributed by atoms with Crippen molar-refractivity contribution in [2.75, 3.05) is 19.7 Å². The second kappa shape index (κ2) is 5.84. The molecule has 0 saturated carbocycles. The lowest BCUT2D eigenvalue weighted by atomic mass is 9.81. The third-order valence-corrected chi connectivity index (χ3v) is 5.46. The standard InChI is InChI=1S/C17H23NOS/c1-3-4-5-7-14-13(2)20-15-8-11-19-17(16(14)15)9-6-10-18-12-17/h3-5,7,18H,6,8-12H2,1-2H3/b4-3-,7-5-. The van der Waals surface area contributed by atoms with E-state index in [9.17, 15) is 0 Å². The van der Waals surface area contributed by atoms with Crippen molar-refractivity contribution in [3.8, 4) is 0 Å². The minimum absolute atomic E-state index is 0.0772. The first-order chi connectivity index (χ1) is 9.77. The van der Waals surface area contributed by atoms with Gasteiger partial charge in [-0.05, 0) is 38.8 Å². The number of ether oxygens (including phenoxy) is 1. The molecule has 0 aliphatic carbocycles. The maximum atomic E-state index is 6.29. The van der Waals surface area contributed by atoms with E-state index in [1.165, 1.54) is 27.3 Å². The number of fused-ring (bicyclic) bond motifs is 2. The van der Waals surface area contributed by atoms with Crippen molar-refractivity contribution < 1.29 is 4.74 Å². The summed E-state index contributed by atoms with van der Waals surface area (Å²) in [5.41, 5.74) is 2.79.